The Morgan fingerprint density at radius 2 is 0.949 bits per heavy atom. The van der Waals surface area contributed by atoms with E-state index in [1.54, 1.807) is 24.3 Å². The Kier molecular flexibility index (Phi) is 13.1. The maximum atomic E-state index is 12.5. The van der Waals surface area contributed by atoms with E-state index >= 15 is 0 Å². The Hall–Kier alpha value is -3.24. The van der Waals surface area contributed by atoms with Gasteiger partial charge in [-0.15, -0.1) is 0 Å². The molecule has 0 amide bonds. The van der Waals surface area contributed by atoms with Crippen molar-refractivity contribution in [2.24, 2.45) is 10.8 Å². The van der Waals surface area contributed by atoms with Gasteiger partial charge in [0.1, 0.15) is 11.5 Å². The molecule has 0 atom stereocenters. The number of esters is 2. The van der Waals surface area contributed by atoms with Crippen molar-refractivity contribution in [3.63, 3.8) is 0 Å². The van der Waals surface area contributed by atoms with Gasteiger partial charge in [-0.3, -0.25) is 9.59 Å². The van der Waals surface area contributed by atoms with Crippen molar-refractivity contribution in [3.8, 4) is 11.5 Å². The minimum absolute atomic E-state index is 0.277. The molecule has 0 unspecified atom stereocenters. The summed E-state index contributed by atoms with van der Waals surface area (Å²) >= 11 is 10.7. The number of para-hydroxylation sites is 2. The number of hydrogen-bond acceptors (Lipinski definition) is 6. The maximum absolute atomic E-state index is 12.5. The highest BCUT2D eigenvalue weighted by molar-refractivity contribution is 7.80. The highest BCUT2D eigenvalue weighted by Crippen LogP contribution is 2.24. The van der Waals surface area contributed by atoms with Gasteiger partial charge in [0.25, 0.3) is 0 Å². The van der Waals surface area contributed by atoms with Crippen LogP contribution in [0.1, 0.15) is 47.0 Å². The molecule has 39 heavy (non-hydrogen) atoms. The standard InChI is InChI=1S/C29H40N4O4S2/c1-28(2,24(34)36-22-12-7-5-8-13-22)16-20-32-26(38)30-18-11-19-31-27(39)33-21-17-29(3,4)25(35)37-23-14-9-6-10-15-23/h5-10,12-15H,11,16-21H2,1-4H3,(H2,30,32,38)(H2,31,33,39). The number of hydrogen-bond donors (Lipinski definition) is 4. The number of carbonyl (C=O) groups excluding carboxylic acids is 2. The number of rotatable bonds is 14. The second-order valence-corrected chi connectivity index (χ2v) is 11.2. The first-order valence-electron chi connectivity index (χ1n) is 13.1. The first kappa shape index (κ1) is 32.0. The summed E-state index contributed by atoms with van der Waals surface area (Å²) in [4.78, 5) is 25.0. The minimum Gasteiger partial charge on any atom is -0.426 e. The van der Waals surface area contributed by atoms with Crippen LogP contribution in [0, 0.1) is 10.8 Å². The van der Waals surface area contributed by atoms with Crippen LogP contribution in [0.15, 0.2) is 60.7 Å². The third-order valence-electron chi connectivity index (χ3n) is 6.01. The fourth-order valence-corrected chi connectivity index (χ4v) is 3.67. The predicted molar refractivity (Wildman–Crippen MR) is 163 cm³/mol. The van der Waals surface area contributed by atoms with E-state index in [9.17, 15) is 9.59 Å². The molecule has 0 aliphatic carbocycles. The molecular formula is C29H40N4O4S2. The van der Waals surface area contributed by atoms with Crippen LogP contribution in [0.25, 0.3) is 0 Å². The maximum Gasteiger partial charge on any atom is 0.316 e. The van der Waals surface area contributed by atoms with Crippen molar-refractivity contribution in [3.05, 3.63) is 60.7 Å². The quantitative estimate of drug-likeness (QED) is 0.113. The fraction of sp³-hybridized carbons (Fsp3) is 0.448. The molecule has 0 aliphatic heterocycles. The Balaban J connectivity index is 1.53. The number of benzene rings is 2. The smallest absolute Gasteiger partial charge is 0.316 e. The van der Waals surface area contributed by atoms with Gasteiger partial charge in [0, 0.05) is 26.2 Å². The van der Waals surface area contributed by atoms with Crippen LogP contribution in [0.3, 0.4) is 0 Å². The number of carbonyl (C=O) groups is 2. The lowest BCUT2D eigenvalue weighted by atomic mass is 9.89. The molecule has 2 aromatic rings. The molecule has 2 aromatic carbocycles. The van der Waals surface area contributed by atoms with Gasteiger partial charge in [0.2, 0.25) is 0 Å². The molecule has 0 fully saturated rings. The van der Waals surface area contributed by atoms with Crippen LogP contribution in [0.5, 0.6) is 11.5 Å². The highest BCUT2D eigenvalue weighted by Gasteiger charge is 2.30. The summed E-state index contributed by atoms with van der Waals surface area (Å²) in [5, 5.41) is 13.7. The Morgan fingerprint density at radius 1 is 0.615 bits per heavy atom. The molecule has 0 saturated heterocycles. The van der Waals surface area contributed by atoms with Crippen molar-refractivity contribution in [1.82, 2.24) is 21.3 Å². The topological polar surface area (TPSA) is 101 Å². The zero-order valence-corrected chi connectivity index (χ0v) is 24.8. The van der Waals surface area contributed by atoms with Gasteiger partial charge in [-0.2, -0.15) is 0 Å². The SMILES string of the molecule is CC(C)(CCNC(=S)NCCCNC(=S)NCCC(C)(C)C(=O)Oc1ccccc1)C(=O)Oc1ccccc1. The van der Waals surface area contributed by atoms with Gasteiger partial charge < -0.3 is 30.7 Å². The molecule has 0 aromatic heterocycles. The van der Waals surface area contributed by atoms with Crippen molar-refractivity contribution in [2.45, 2.75) is 47.0 Å². The van der Waals surface area contributed by atoms with Crippen LogP contribution >= 0.6 is 24.4 Å². The van der Waals surface area contributed by atoms with E-state index in [1.165, 1.54) is 0 Å². The normalized spacial score (nSPS) is 11.2. The van der Waals surface area contributed by atoms with Gasteiger partial charge in [0.15, 0.2) is 10.2 Å². The molecule has 10 heteroatoms. The lowest BCUT2D eigenvalue weighted by Gasteiger charge is -2.23. The molecule has 0 radical (unpaired) electrons. The van der Waals surface area contributed by atoms with Crippen LogP contribution in [0.4, 0.5) is 0 Å². The number of nitrogens with one attached hydrogen (secondary N) is 4. The van der Waals surface area contributed by atoms with Gasteiger partial charge in [-0.25, -0.2) is 0 Å². The zero-order chi connectivity index (χ0) is 28.7. The van der Waals surface area contributed by atoms with E-state index in [-0.39, 0.29) is 11.9 Å². The summed E-state index contributed by atoms with van der Waals surface area (Å²) in [7, 11) is 0. The third kappa shape index (κ3) is 12.4. The van der Waals surface area contributed by atoms with Crippen LogP contribution in [0.2, 0.25) is 0 Å². The molecular weight excluding hydrogens is 532 g/mol. The Bertz CT molecular complexity index is 994. The Labute approximate surface area is 242 Å². The van der Waals surface area contributed by atoms with E-state index in [0.717, 1.165) is 6.42 Å². The fourth-order valence-electron chi connectivity index (χ4n) is 3.27. The summed E-state index contributed by atoms with van der Waals surface area (Å²) in [6.45, 7) is 9.85. The van der Waals surface area contributed by atoms with Crippen molar-refractivity contribution >= 4 is 46.6 Å². The van der Waals surface area contributed by atoms with Gasteiger partial charge >= 0.3 is 11.9 Å². The number of ether oxygens (including phenoxy) is 2. The van der Waals surface area contributed by atoms with E-state index in [1.807, 2.05) is 64.1 Å². The molecule has 0 spiro atoms. The predicted octanol–water partition coefficient (Wildman–Crippen LogP) is 4.35. The average Bonchev–Trinajstić information content (AvgIpc) is 2.89. The van der Waals surface area contributed by atoms with Crippen LogP contribution < -0.4 is 30.7 Å². The first-order chi connectivity index (χ1) is 18.5. The third-order valence-corrected chi connectivity index (χ3v) is 6.59. The second kappa shape index (κ2) is 16.0. The van der Waals surface area contributed by atoms with Crippen molar-refractivity contribution in [2.75, 3.05) is 26.2 Å². The molecule has 0 heterocycles. The molecule has 8 nitrogen and oxygen atoms in total. The lowest BCUT2D eigenvalue weighted by Crippen LogP contribution is -2.41. The summed E-state index contributed by atoms with van der Waals surface area (Å²) < 4.78 is 10.9. The summed E-state index contributed by atoms with van der Waals surface area (Å²) in [6.07, 6.45) is 1.94. The average molecular weight is 573 g/mol. The lowest BCUT2D eigenvalue weighted by molar-refractivity contribution is -0.145. The summed E-state index contributed by atoms with van der Waals surface area (Å²) in [5.74, 6) is 0.522. The van der Waals surface area contributed by atoms with E-state index in [4.69, 9.17) is 33.9 Å². The molecule has 4 N–H and O–H groups in total. The van der Waals surface area contributed by atoms with E-state index in [2.05, 4.69) is 21.3 Å². The monoisotopic (exact) mass is 572 g/mol. The second-order valence-electron chi connectivity index (χ2n) is 10.4. The summed E-state index contributed by atoms with van der Waals surface area (Å²) in [5.41, 5.74) is -1.30. The molecule has 2 rings (SSSR count). The summed E-state index contributed by atoms with van der Waals surface area (Å²) in [6, 6.07) is 18.1. The van der Waals surface area contributed by atoms with E-state index < -0.39 is 10.8 Å². The molecule has 0 aliphatic rings. The molecule has 212 valence electrons. The first-order valence-corrected chi connectivity index (χ1v) is 13.9. The van der Waals surface area contributed by atoms with Crippen LogP contribution in [-0.2, 0) is 9.59 Å². The van der Waals surface area contributed by atoms with Crippen LogP contribution in [-0.4, -0.2) is 48.3 Å². The van der Waals surface area contributed by atoms with Gasteiger partial charge in [-0.1, -0.05) is 36.4 Å². The van der Waals surface area contributed by atoms with E-state index in [0.29, 0.717) is 60.7 Å². The number of thiocarbonyl (C=S) groups is 2. The van der Waals surface area contributed by atoms with Crippen molar-refractivity contribution in [1.29, 1.82) is 0 Å². The van der Waals surface area contributed by atoms with Gasteiger partial charge in [-0.05, 0) is 95.7 Å². The molecule has 0 saturated carbocycles. The van der Waals surface area contributed by atoms with Gasteiger partial charge in [0.05, 0.1) is 10.8 Å². The molecule has 0 bridgehead atoms. The minimum atomic E-state index is -0.650. The largest absolute Gasteiger partial charge is 0.426 e. The highest BCUT2D eigenvalue weighted by atomic mass is 32.1. The Morgan fingerprint density at radius 3 is 1.31 bits per heavy atom. The van der Waals surface area contributed by atoms with Crippen molar-refractivity contribution < 1.29 is 19.1 Å². The zero-order valence-electron chi connectivity index (χ0n) is 23.2.